The lowest BCUT2D eigenvalue weighted by Crippen LogP contribution is -2.45. The summed E-state index contributed by atoms with van der Waals surface area (Å²) >= 11 is 0. The third-order valence-electron chi connectivity index (χ3n) is 5.69. The number of ether oxygens (including phenoxy) is 2. The molecular formula is C23H28N2O3. The van der Waals surface area contributed by atoms with Gasteiger partial charge in [-0.15, -0.1) is 0 Å². The number of carbonyl (C=O) groups excluding carboxylic acids is 1. The summed E-state index contributed by atoms with van der Waals surface area (Å²) in [5, 5.41) is 3.06. The number of nitrogens with zero attached hydrogens (tertiary/aromatic N) is 1. The Labute approximate surface area is 166 Å². The summed E-state index contributed by atoms with van der Waals surface area (Å²) in [6, 6.07) is 16.2. The first kappa shape index (κ1) is 18.8. The van der Waals surface area contributed by atoms with E-state index >= 15 is 0 Å². The van der Waals surface area contributed by atoms with Crippen molar-refractivity contribution in [1.82, 2.24) is 10.2 Å². The molecule has 2 aliphatic heterocycles. The molecule has 0 aliphatic carbocycles. The molecule has 5 nitrogen and oxygen atoms in total. The van der Waals surface area contributed by atoms with Crippen molar-refractivity contribution < 1.29 is 14.3 Å². The van der Waals surface area contributed by atoms with Crippen molar-refractivity contribution in [1.29, 1.82) is 0 Å². The molecule has 0 radical (unpaired) electrons. The number of piperidine rings is 1. The van der Waals surface area contributed by atoms with Gasteiger partial charge in [-0.3, -0.25) is 9.69 Å². The lowest BCUT2D eigenvalue weighted by molar-refractivity contribution is -0.127. The van der Waals surface area contributed by atoms with Crippen LogP contribution < -0.4 is 14.8 Å². The van der Waals surface area contributed by atoms with Gasteiger partial charge < -0.3 is 14.8 Å². The lowest BCUT2D eigenvalue weighted by atomic mass is 9.95. The van der Waals surface area contributed by atoms with Gasteiger partial charge in [-0.2, -0.15) is 0 Å². The Balaban J connectivity index is 1.21. The number of amides is 1. The molecule has 1 N–H and O–H groups in total. The van der Waals surface area contributed by atoms with Gasteiger partial charge >= 0.3 is 0 Å². The third kappa shape index (κ3) is 4.47. The first-order valence-electron chi connectivity index (χ1n) is 10.1. The summed E-state index contributed by atoms with van der Waals surface area (Å²) in [6.07, 6.45) is 1.67. The van der Waals surface area contributed by atoms with Gasteiger partial charge in [-0.05, 0) is 56.1 Å². The van der Waals surface area contributed by atoms with Gasteiger partial charge in [0.15, 0.2) is 11.5 Å². The zero-order chi connectivity index (χ0) is 19.3. The van der Waals surface area contributed by atoms with Crippen molar-refractivity contribution in [3.05, 3.63) is 59.7 Å². The van der Waals surface area contributed by atoms with Crippen molar-refractivity contribution in [3.8, 4) is 11.5 Å². The Hall–Kier alpha value is -2.53. The molecule has 1 fully saturated rings. The molecule has 28 heavy (non-hydrogen) atoms. The van der Waals surface area contributed by atoms with Crippen LogP contribution in [0.1, 0.15) is 24.0 Å². The van der Waals surface area contributed by atoms with Crippen LogP contribution in [0.4, 0.5) is 0 Å². The fourth-order valence-electron chi connectivity index (χ4n) is 3.90. The molecule has 5 heteroatoms. The number of hydrogen-bond donors (Lipinski definition) is 1. The van der Waals surface area contributed by atoms with Crippen LogP contribution in [-0.4, -0.2) is 43.2 Å². The predicted molar refractivity (Wildman–Crippen MR) is 109 cm³/mol. The maximum absolute atomic E-state index is 12.6. The van der Waals surface area contributed by atoms with Crippen LogP contribution in [-0.2, 0) is 11.3 Å². The zero-order valence-corrected chi connectivity index (χ0v) is 16.4. The Morgan fingerprint density at radius 1 is 1.07 bits per heavy atom. The van der Waals surface area contributed by atoms with E-state index < -0.39 is 0 Å². The van der Waals surface area contributed by atoms with Gasteiger partial charge in [0.2, 0.25) is 5.91 Å². The van der Waals surface area contributed by atoms with Gasteiger partial charge in [-0.1, -0.05) is 36.4 Å². The molecule has 148 valence electrons. The second kappa shape index (κ2) is 8.65. The van der Waals surface area contributed by atoms with Crippen LogP contribution in [0, 0.1) is 12.8 Å². The molecular weight excluding hydrogens is 352 g/mol. The average molecular weight is 380 g/mol. The molecule has 2 aromatic rings. The van der Waals surface area contributed by atoms with Gasteiger partial charge in [-0.25, -0.2) is 0 Å². The summed E-state index contributed by atoms with van der Waals surface area (Å²) in [5.74, 6) is 1.74. The molecule has 0 aromatic heterocycles. The van der Waals surface area contributed by atoms with E-state index in [1.54, 1.807) is 0 Å². The second-order valence-corrected chi connectivity index (χ2v) is 7.72. The average Bonchev–Trinajstić information content (AvgIpc) is 2.74. The molecule has 1 amide bonds. The number of para-hydroxylation sites is 2. The Kier molecular flexibility index (Phi) is 5.81. The number of hydrogen-bond acceptors (Lipinski definition) is 4. The SMILES string of the molecule is Cc1ccccc1CN1CCC(C(=O)NC[C@H]2COc3ccccc3O2)CC1. The molecule has 4 rings (SSSR count). The standard InChI is InChI=1S/C23H28N2O3/c1-17-6-2-3-7-19(17)15-25-12-10-18(11-13-25)23(26)24-14-20-16-27-21-8-4-5-9-22(21)28-20/h2-9,18,20H,10-16H2,1H3,(H,24,26)/t20-/m0/s1. The molecule has 0 bridgehead atoms. The highest BCUT2D eigenvalue weighted by molar-refractivity contribution is 5.78. The topological polar surface area (TPSA) is 50.8 Å². The maximum Gasteiger partial charge on any atom is 0.223 e. The van der Waals surface area contributed by atoms with E-state index in [1.807, 2.05) is 24.3 Å². The van der Waals surface area contributed by atoms with Crippen LogP contribution in [0.5, 0.6) is 11.5 Å². The van der Waals surface area contributed by atoms with Crippen molar-refractivity contribution >= 4 is 5.91 Å². The highest BCUT2D eigenvalue weighted by Crippen LogP contribution is 2.30. The van der Waals surface area contributed by atoms with E-state index in [0.29, 0.717) is 13.2 Å². The van der Waals surface area contributed by atoms with E-state index in [2.05, 4.69) is 41.4 Å². The van der Waals surface area contributed by atoms with Gasteiger partial charge in [0, 0.05) is 12.5 Å². The first-order valence-corrected chi connectivity index (χ1v) is 10.1. The lowest BCUT2D eigenvalue weighted by Gasteiger charge is -2.32. The summed E-state index contributed by atoms with van der Waals surface area (Å²) in [4.78, 5) is 15.0. The largest absolute Gasteiger partial charge is 0.486 e. The fraction of sp³-hybridized carbons (Fsp3) is 0.435. The van der Waals surface area contributed by atoms with Crippen LogP contribution in [0.15, 0.2) is 48.5 Å². The summed E-state index contributed by atoms with van der Waals surface area (Å²) in [7, 11) is 0. The zero-order valence-electron chi connectivity index (χ0n) is 16.4. The number of rotatable bonds is 5. The summed E-state index contributed by atoms with van der Waals surface area (Å²) in [5.41, 5.74) is 2.71. The van der Waals surface area contributed by atoms with Crippen LogP contribution >= 0.6 is 0 Å². The van der Waals surface area contributed by atoms with E-state index in [9.17, 15) is 4.79 Å². The first-order chi connectivity index (χ1) is 13.7. The molecule has 1 atom stereocenters. The maximum atomic E-state index is 12.6. The van der Waals surface area contributed by atoms with Crippen LogP contribution in [0.2, 0.25) is 0 Å². The van der Waals surface area contributed by atoms with E-state index in [1.165, 1.54) is 11.1 Å². The number of fused-ring (bicyclic) bond motifs is 1. The molecule has 2 aromatic carbocycles. The van der Waals surface area contributed by atoms with Gasteiger partial charge in [0.05, 0.1) is 6.54 Å². The predicted octanol–water partition coefficient (Wildman–Crippen LogP) is 3.16. The van der Waals surface area contributed by atoms with E-state index in [0.717, 1.165) is 44.0 Å². The van der Waals surface area contributed by atoms with Crippen molar-refractivity contribution in [3.63, 3.8) is 0 Å². The Bertz CT molecular complexity index is 815. The molecule has 0 spiro atoms. The number of nitrogens with one attached hydrogen (secondary N) is 1. The number of carbonyl (C=O) groups is 1. The summed E-state index contributed by atoms with van der Waals surface area (Å²) < 4.78 is 11.6. The van der Waals surface area contributed by atoms with Crippen molar-refractivity contribution in [2.75, 3.05) is 26.2 Å². The van der Waals surface area contributed by atoms with Crippen molar-refractivity contribution in [2.45, 2.75) is 32.4 Å². The highest BCUT2D eigenvalue weighted by Gasteiger charge is 2.27. The quantitative estimate of drug-likeness (QED) is 0.866. The monoisotopic (exact) mass is 380 g/mol. The number of benzene rings is 2. The molecule has 2 heterocycles. The minimum Gasteiger partial charge on any atom is -0.486 e. The Morgan fingerprint density at radius 2 is 1.79 bits per heavy atom. The van der Waals surface area contributed by atoms with Crippen molar-refractivity contribution in [2.24, 2.45) is 5.92 Å². The molecule has 0 saturated carbocycles. The third-order valence-corrected chi connectivity index (χ3v) is 5.69. The normalized spacial score (nSPS) is 20.0. The minimum atomic E-state index is -0.139. The fourth-order valence-corrected chi connectivity index (χ4v) is 3.90. The van der Waals surface area contributed by atoms with E-state index in [-0.39, 0.29) is 17.9 Å². The number of likely N-dealkylation sites (tertiary alicyclic amines) is 1. The molecule has 2 aliphatic rings. The molecule has 0 unspecified atom stereocenters. The molecule has 1 saturated heterocycles. The highest BCUT2D eigenvalue weighted by atomic mass is 16.6. The van der Waals surface area contributed by atoms with Crippen LogP contribution in [0.3, 0.4) is 0 Å². The Morgan fingerprint density at radius 3 is 2.57 bits per heavy atom. The smallest absolute Gasteiger partial charge is 0.223 e. The second-order valence-electron chi connectivity index (χ2n) is 7.72. The van der Waals surface area contributed by atoms with Gasteiger partial charge in [0.25, 0.3) is 0 Å². The number of aryl methyl sites for hydroxylation is 1. The summed E-state index contributed by atoms with van der Waals surface area (Å²) in [6.45, 7) is 5.99. The van der Waals surface area contributed by atoms with Gasteiger partial charge in [0.1, 0.15) is 12.7 Å². The van der Waals surface area contributed by atoms with E-state index in [4.69, 9.17) is 9.47 Å². The minimum absolute atomic E-state index is 0.0879. The van der Waals surface area contributed by atoms with Crippen LogP contribution in [0.25, 0.3) is 0 Å².